The van der Waals surface area contributed by atoms with Crippen molar-refractivity contribution < 1.29 is 13.2 Å². The van der Waals surface area contributed by atoms with Crippen LogP contribution in [0.4, 0.5) is 11.6 Å². The molecule has 2 fully saturated rings. The Bertz CT molecular complexity index is 1090. The third-order valence-corrected chi connectivity index (χ3v) is 9.13. The summed E-state index contributed by atoms with van der Waals surface area (Å²) >= 11 is 0. The Kier molecular flexibility index (Phi) is 6.43. The molecule has 2 aliphatic heterocycles. The number of nitrogens with one attached hydrogen (secondary N) is 2. The lowest BCUT2D eigenvalue weighted by atomic mass is 9.88. The molecule has 2 aromatic rings. The van der Waals surface area contributed by atoms with Crippen molar-refractivity contribution in [3.05, 3.63) is 28.8 Å². The fourth-order valence-corrected chi connectivity index (χ4v) is 6.73. The largest absolute Gasteiger partial charge is 0.381 e. The predicted molar refractivity (Wildman–Crippen MR) is 126 cm³/mol. The summed E-state index contributed by atoms with van der Waals surface area (Å²) in [4.78, 5) is 6.54. The van der Waals surface area contributed by atoms with Crippen molar-refractivity contribution in [2.75, 3.05) is 45.7 Å². The van der Waals surface area contributed by atoms with Crippen LogP contribution in [-0.2, 0) is 27.6 Å². The SMILES string of the molecule is CN(C)C1CCN(S(=O)(=O)c2nc(Nc3c(C4CCOCC4)ccc4c3CCC4)n[nH]2)CC1. The molecule has 0 saturated carbocycles. The summed E-state index contributed by atoms with van der Waals surface area (Å²) in [7, 11) is 0.384. The van der Waals surface area contributed by atoms with Crippen molar-refractivity contribution in [3.8, 4) is 0 Å². The molecule has 0 bridgehead atoms. The van der Waals surface area contributed by atoms with E-state index in [-0.39, 0.29) is 5.16 Å². The number of hydrogen-bond acceptors (Lipinski definition) is 7. The van der Waals surface area contributed by atoms with Crippen LogP contribution in [0, 0.1) is 0 Å². The van der Waals surface area contributed by atoms with Crippen LogP contribution in [0.2, 0.25) is 0 Å². The molecule has 2 saturated heterocycles. The molecule has 0 radical (unpaired) electrons. The Labute approximate surface area is 196 Å². The number of benzene rings is 1. The van der Waals surface area contributed by atoms with Crippen molar-refractivity contribution in [1.29, 1.82) is 0 Å². The van der Waals surface area contributed by atoms with Crippen LogP contribution in [0.25, 0.3) is 0 Å². The number of ether oxygens (including phenoxy) is 1. The van der Waals surface area contributed by atoms with E-state index in [1.807, 2.05) is 14.1 Å². The van der Waals surface area contributed by atoms with Gasteiger partial charge in [-0.15, -0.1) is 5.10 Å². The molecule has 0 atom stereocenters. The lowest BCUT2D eigenvalue weighted by molar-refractivity contribution is 0.0854. The summed E-state index contributed by atoms with van der Waals surface area (Å²) in [6.45, 7) is 2.53. The van der Waals surface area contributed by atoms with Crippen LogP contribution in [0.15, 0.2) is 17.3 Å². The zero-order valence-corrected chi connectivity index (χ0v) is 20.3. The minimum Gasteiger partial charge on any atom is -0.381 e. The molecule has 0 amide bonds. The van der Waals surface area contributed by atoms with Crippen LogP contribution < -0.4 is 5.32 Å². The Hall–Kier alpha value is -2.01. The lowest BCUT2D eigenvalue weighted by Crippen LogP contribution is -2.44. The summed E-state index contributed by atoms with van der Waals surface area (Å²) in [6.07, 6.45) is 6.84. The van der Waals surface area contributed by atoms with E-state index in [9.17, 15) is 8.42 Å². The molecule has 33 heavy (non-hydrogen) atoms. The lowest BCUT2D eigenvalue weighted by Gasteiger charge is -2.33. The minimum absolute atomic E-state index is 0.0894. The van der Waals surface area contributed by atoms with Crippen LogP contribution in [-0.4, -0.2) is 79.2 Å². The number of H-pyrrole nitrogens is 1. The number of aromatic nitrogens is 3. The standard InChI is InChI=1S/C23H34N6O3S/c1-28(2)18-8-12-29(13-9-18)33(30,31)23-25-22(26-27-23)24-21-19-5-3-4-16(19)6-7-20(21)17-10-14-32-15-11-17/h6-7,17-18H,3-5,8-15H2,1-2H3,(H2,24,25,26,27). The summed E-state index contributed by atoms with van der Waals surface area (Å²) in [5.41, 5.74) is 5.00. The zero-order valence-electron chi connectivity index (χ0n) is 19.5. The van der Waals surface area contributed by atoms with Crippen molar-refractivity contribution in [1.82, 2.24) is 24.4 Å². The van der Waals surface area contributed by atoms with Gasteiger partial charge in [0.1, 0.15) is 0 Å². The van der Waals surface area contributed by atoms with Gasteiger partial charge in [0.15, 0.2) is 0 Å². The van der Waals surface area contributed by atoms with E-state index in [1.54, 1.807) is 0 Å². The van der Waals surface area contributed by atoms with Gasteiger partial charge < -0.3 is 15.0 Å². The first-order valence-electron chi connectivity index (χ1n) is 12.0. The zero-order chi connectivity index (χ0) is 23.0. The quantitative estimate of drug-likeness (QED) is 0.663. The molecule has 0 spiro atoms. The van der Waals surface area contributed by atoms with E-state index in [2.05, 4.69) is 37.5 Å². The van der Waals surface area contributed by atoms with Crippen LogP contribution in [0.1, 0.15) is 54.7 Å². The molecule has 3 heterocycles. The van der Waals surface area contributed by atoms with Crippen molar-refractivity contribution >= 4 is 21.7 Å². The predicted octanol–water partition coefficient (Wildman–Crippen LogP) is 2.65. The first-order chi connectivity index (χ1) is 15.9. The molecule has 1 aromatic carbocycles. The number of piperidine rings is 1. The third-order valence-electron chi connectivity index (χ3n) is 7.42. The number of aryl methyl sites for hydroxylation is 1. The van der Waals surface area contributed by atoms with Gasteiger partial charge >= 0.3 is 0 Å². The molecule has 5 rings (SSSR count). The maximum absolute atomic E-state index is 13.2. The Balaban J connectivity index is 1.38. The first-order valence-corrected chi connectivity index (χ1v) is 13.5. The highest BCUT2D eigenvalue weighted by atomic mass is 32.2. The molecule has 10 heteroatoms. The van der Waals surface area contributed by atoms with Crippen LogP contribution >= 0.6 is 0 Å². The molecule has 3 aliphatic rings. The van der Waals surface area contributed by atoms with Gasteiger partial charge in [0.25, 0.3) is 15.2 Å². The Morgan fingerprint density at radius 1 is 1.12 bits per heavy atom. The number of rotatable bonds is 6. The molecule has 180 valence electrons. The average Bonchev–Trinajstić information content (AvgIpc) is 3.50. The van der Waals surface area contributed by atoms with E-state index < -0.39 is 10.0 Å². The maximum atomic E-state index is 13.2. The van der Waals surface area contributed by atoms with Crippen LogP contribution in [0.5, 0.6) is 0 Å². The van der Waals surface area contributed by atoms with Crippen LogP contribution in [0.3, 0.4) is 0 Å². The Morgan fingerprint density at radius 2 is 1.88 bits per heavy atom. The minimum atomic E-state index is -3.70. The van der Waals surface area contributed by atoms with Gasteiger partial charge in [-0.1, -0.05) is 12.1 Å². The highest BCUT2D eigenvalue weighted by Gasteiger charge is 2.33. The number of fused-ring (bicyclic) bond motifs is 1. The van der Waals surface area contributed by atoms with E-state index in [1.165, 1.54) is 21.0 Å². The summed E-state index contributed by atoms with van der Waals surface area (Å²) in [5.74, 6) is 0.734. The summed E-state index contributed by atoms with van der Waals surface area (Å²) in [6, 6.07) is 4.89. The molecule has 1 aliphatic carbocycles. The second kappa shape index (κ2) is 9.32. The number of hydrogen-bond donors (Lipinski definition) is 2. The number of sulfonamides is 1. The smallest absolute Gasteiger partial charge is 0.278 e. The topological polar surface area (TPSA) is 103 Å². The van der Waals surface area contributed by atoms with Gasteiger partial charge in [0, 0.05) is 38.0 Å². The van der Waals surface area contributed by atoms with Crippen molar-refractivity contribution in [2.24, 2.45) is 0 Å². The fourth-order valence-electron chi connectivity index (χ4n) is 5.43. The Morgan fingerprint density at radius 3 is 2.61 bits per heavy atom. The van der Waals surface area contributed by atoms with E-state index in [4.69, 9.17) is 4.74 Å². The maximum Gasteiger partial charge on any atom is 0.278 e. The summed E-state index contributed by atoms with van der Waals surface area (Å²) in [5, 5.41) is 10.2. The molecule has 2 N–H and O–H groups in total. The van der Waals surface area contributed by atoms with Gasteiger partial charge in [0.2, 0.25) is 5.95 Å². The van der Waals surface area contributed by atoms with E-state index in [0.717, 1.165) is 63.8 Å². The normalized spacial score (nSPS) is 20.9. The fraction of sp³-hybridized carbons (Fsp3) is 0.652. The van der Waals surface area contributed by atoms with Gasteiger partial charge in [0.05, 0.1) is 0 Å². The van der Waals surface area contributed by atoms with E-state index >= 15 is 0 Å². The number of anilines is 2. The molecule has 9 nitrogen and oxygen atoms in total. The molecular formula is C23H34N6O3S. The molecule has 0 unspecified atom stereocenters. The van der Waals surface area contributed by atoms with E-state index in [0.29, 0.717) is 31.0 Å². The summed E-state index contributed by atoms with van der Waals surface area (Å²) < 4.78 is 33.4. The number of aromatic amines is 1. The first kappa shape index (κ1) is 22.8. The molecular weight excluding hydrogens is 440 g/mol. The highest BCUT2D eigenvalue weighted by Crippen LogP contribution is 2.40. The number of nitrogens with zero attached hydrogens (tertiary/aromatic N) is 4. The molecule has 1 aromatic heterocycles. The van der Waals surface area contributed by atoms with Gasteiger partial charge in [-0.2, -0.15) is 9.29 Å². The van der Waals surface area contributed by atoms with Gasteiger partial charge in [-0.05, 0) is 81.6 Å². The van der Waals surface area contributed by atoms with Crippen molar-refractivity contribution in [3.63, 3.8) is 0 Å². The van der Waals surface area contributed by atoms with Gasteiger partial charge in [-0.25, -0.2) is 13.5 Å². The van der Waals surface area contributed by atoms with Crippen molar-refractivity contribution in [2.45, 2.75) is 62.1 Å². The second-order valence-electron chi connectivity index (χ2n) is 9.60. The highest BCUT2D eigenvalue weighted by molar-refractivity contribution is 7.88. The van der Waals surface area contributed by atoms with Gasteiger partial charge in [-0.3, -0.25) is 0 Å². The average molecular weight is 475 g/mol. The second-order valence-corrected chi connectivity index (χ2v) is 11.4. The third kappa shape index (κ3) is 4.53. The monoisotopic (exact) mass is 474 g/mol.